The number of carbonyl (C=O) groups excluding carboxylic acids is 1. The molecule has 0 aromatic heterocycles. The molecule has 1 atom stereocenters. The molecule has 1 heterocycles. The molecule has 1 aliphatic heterocycles. The Kier molecular flexibility index (Phi) is 6.25. The van der Waals surface area contributed by atoms with E-state index < -0.39 is 29.5 Å². The summed E-state index contributed by atoms with van der Waals surface area (Å²) in [5.74, 6) is -2.32. The molecule has 32 heavy (non-hydrogen) atoms. The summed E-state index contributed by atoms with van der Waals surface area (Å²) in [6, 6.07) is 16.2. The fraction of sp³-hybridized carbons (Fsp3) is 0.200. The number of oxime groups is 1. The van der Waals surface area contributed by atoms with Crippen LogP contribution >= 0.6 is 0 Å². The lowest BCUT2D eigenvalue weighted by atomic mass is 10.0. The van der Waals surface area contributed by atoms with Crippen LogP contribution in [0.25, 0.3) is 0 Å². The fourth-order valence-corrected chi connectivity index (χ4v) is 3.54. The summed E-state index contributed by atoms with van der Waals surface area (Å²) in [6.45, 7) is 2.03. The number of halogens is 3. The van der Waals surface area contributed by atoms with Gasteiger partial charge in [-0.05, 0) is 42.8 Å². The Balaban J connectivity index is 1.53. The molecule has 0 bridgehead atoms. The molecular weight excluding hydrogens is 417 g/mol. The number of aryl methyl sites for hydroxylation is 1. The van der Waals surface area contributed by atoms with E-state index in [4.69, 9.17) is 4.84 Å². The van der Waals surface area contributed by atoms with Gasteiger partial charge in [0, 0.05) is 30.2 Å². The van der Waals surface area contributed by atoms with Crippen molar-refractivity contribution in [3.05, 3.63) is 106 Å². The highest BCUT2D eigenvalue weighted by Gasteiger charge is 2.28. The lowest BCUT2D eigenvalue weighted by Crippen LogP contribution is -2.37. The summed E-state index contributed by atoms with van der Waals surface area (Å²) in [4.78, 5) is 20.1. The van der Waals surface area contributed by atoms with E-state index >= 15 is 0 Å². The normalized spacial score (nSPS) is 15.2. The van der Waals surface area contributed by atoms with Crippen LogP contribution in [-0.4, -0.2) is 29.2 Å². The maximum atomic E-state index is 14.3. The number of carbonyl (C=O) groups is 1. The first-order chi connectivity index (χ1) is 15.4. The van der Waals surface area contributed by atoms with E-state index in [1.165, 1.54) is 35.2 Å². The predicted octanol–water partition coefficient (Wildman–Crippen LogP) is 5.25. The van der Waals surface area contributed by atoms with E-state index in [0.29, 0.717) is 6.42 Å². The van der Waals surface area contributed by atoms with Crippen LogP contribution in [0.4, 0.5) is 13.2 Å². The third-order valence-electron chi connectivity index (χ3n) is 5.30. The van der Waals surface area contributed by atoms with E-state index in [1.54, 1.807) is 0 Å². The van der Waals surface area contributed by atoms with Crippen molar-refractivity contribution < 1.29 is 22.8 Å². The number of hydrogen-bond acceptors (Lipinski definition) is 3. The predicted molar refractivity (Wildman–Crippen MR) is 115 cm³/mol. The van der Waals surface area contributed by atoms with Crippen LogP contribution in [0.2, 0.25) is 0 Å². The maximum absolute atomic E-state index is 14.3. The van der Waals surface area contributed by atoms with Crippen molar-refractivity contribution >= 4 is 11.6 Å². The Labute approximate surface area is 183 Å². The summed E-state index contributed by atoms with van der Waals surface area (Å²) in [7, 11) is 0. The monoisotopic (exact) mass is 438 g/mol. The van der Waals surface area contributed by atoms with Crippen molar-refractivity contribution in [2.45, 2.75) is 26.0 Å². The van der Waals surface area contributed by atoms with Crippen molar-refractivity contribution in [1.82, 2.24) is 4.90 Å². The molecule has 4 rings (SSSR count). The van der Waals surface area contributed by atoms with E-state index in [2.05, 4.69) is 5.16 Å². The molecule has 3 aromatic carbocycles. The van der Waals surface area contributed by atoms with E-state index in [0.717, 1.165) is 29.0 Å². The van der Waals surface area contributed by atoms with E-state index in [1.807, 2.05) is 31.2 Å². The number of hydrogen-bond donors (Lipinski definition) is 0. The summed E-state index contributed by atoms with van der Waals surface area (Å²) in [5.41, 5.74) is 3.24. The smallest absolute Gasteiger partial charge is 0.254 e. The first-order valence-electron chi connectivity index (χ1n) is 10.2. The topological polar surface area (TPSA) is 41.9 Å². The number of nitrogens with zero attached hydrogens (tertiary/aromatic N) is 2. The molecule has 0 saturated carbocycles. The standard InChI is InChI=1S/C25H21F3N2O2/c1-16-2-4-17(5-3-16)24-13-22(32-29-24)15-30(14-19-8-11-21(27)12-23(19)28)25(31)18-6-9-20(26)10-7-18/h2-12,22H,13-15H2,1H3. The molecule has 1 unspecified atom stereocenters. The van der Waals surface area contributed by atoms with Gasteiger partial charge in [-0.3, -0.25) is 4.79 Å². The maximum Gasteiger partial charge on any atom is 0.254 e. The van der Waals surface area contributed by atoms with Crippen LogP contribution in [0.5, 0.6) is 0 Å². The largest absolute Gasteiger partial charge is 0.390 e. The zero-order valence-electron chi connectivity index (χ0n) is 17.4. The molecule has 0 aliphatic carbocycles. The van der Waals surface area contributed by atoms with Gasteiger partial charge in [0.15, 0.2) is 6.10 Å². The molecule has 0 N–H and O–H groups in total. The van der Waals surface area contributed by atoms with Gasteiger partial charge in [0.1, 0.15) is 17.5 Å². The minimum absolute atomic E-state index is 0.0952. The summed E-state index contributed by atoms with van der Waals surface area (Å²) in [5, 5.41) is 4.16. The van der Waals surface area contributed by atoms with Crippen molar-refractivity contribution in [3.63, 3.8) is 0 Å². The van der Waals surface area contributed by atoms with Gasteiger partial charge in [0.05, 0.1) is 12.3 Å². The van der Waals surface area contributed by atoms with E-state index in [-0.39, 0.29) is 24.2 Å². The number of benzene rings is 3. The fourth-order valence-electron chi connectivity index (χ4n) is 3.54. The quantitative estimate of drug-likeness (QED) is 0.528. The minimum Gasteiger partial charge on any atom is -0.390 e. The molecule has 0 saturated heterocycles. The third-order valence-corrected chi connectivity index (χ3v) is 5.30. The van der Waals surface area contributed by atoms with Gasteiger partial charge < -0.3 is 9.74 Å². The molecule has 1 aliphatic rings. The second-order valence-corrected chi connectivity index (χ2v) is 7.76. The van der Waals surface area contributed by atoms with Crippen LogP contribution < -0.4 is 0 Å². The summed E-state index contributed by atoms with van der Waals surface area (Å²) in [6.07, 6.45) is 0.0431. The lowest BCUT2D eigenvalue weighted by Gasteiger charge is -2.25. The van der Waals surface area contributed by atoms with Gasteiger partial charge in [-0.2, -0.15) is 0 Å². The molecule has 0 fully saturated rings. The van der Waals surface area contributed by atoms with Crippen LogP contribution in [0.15, 0.2) is 71.9 Å². The van der Waals surface area contributed by atoms with Gasteiger partial charge >= 0.3 is 0 Å². The van der Waals surface area contributed by atoms with Crippen LogP contribution in [0.3, 0.4) is 0 Å². The average molecular weight is 438 g/mol. The molecule has 1 amide bonds. The van der Waals surface area contributed by atoms with Crippen molar-refractivity contribution in [3.8, 4) is 0 Å². The molecule has 3 aromatic rings. The number of rotatable bonds is 6. The van der Waals surface area contributed by atoms with Crippen LogP contribution in [0.1, 0.15) is 33.5 Å². The number of amides is 1. The second-order valence-electron chi connectivity index (χ2n) is 7.76. The zero-order valence-corrected chi connectivity index (χ0v) is 17.4. The van der Waals surface area contributed by atoms with Crippen molar-refractivity contribution in [1.29, 1.82) is 0 Å². The Morgan fingerprint density at radius 1 is 1.00 bits per heavy atom. The third kappa shape index (κ3) is 4.99. The lowest BCUT2D eigenvalue weighted by molar-refractivity contribution is 0.0403. The van der Waals surface area contributed by atoms with Gasteiger partial charge in [0.2, 0.25) is 0 Å². The first kappa shape index (κ1) is 21.6. The molecule has 0 spiro atoms. The highest BCUT2D eigenvalue weighted by Crippen LogP contribution is 2.21. The summed E-state index contributed by atoms with van der Waals surface area (Å²) < 4.78 is 40.9. The van der Waals surface area contributed by atoms with Crippen LogP contribution in [-0.2, 0) is 11.4 Å². The van der Waals surface area contributed by atoms with E-state index in [9.17, 15) is 18.0 Å². The average Bonchev–Trinajstić information content (AvgIpc) is 3.24. The minimum atomic E-state index is -0.745. The van der Waals surface area contributed by atoms with Crippen molar-refractivity contribution in [2.75, 3.05) is 6.54 Å². The highest BCUT2D eigenvalue weighted by atomic mass is 19.1. The SMILES string of the molecule is Cc1ccc(C2=NOC(CN(Cc3ccc(F)cc3F)C(=O)c3ccc(F)cc3)C2)cc1. The first-order valence-corrected chi connectivity index (χ1v) is 10.2. The Hall–Kier alpha value is -3.61. The Morgan fingerprint density at radius 3 is 2.38 bits per heavy atom. The molecule has 0 radical (unpaired) electrons. The molecular formula is C25H21F3N2O2. The van der Waals surface area contributed by atoms with Gasteiger partial charge in [-0.25, -0.2) is 13.2 Å². The van der Waals surface area contributed by atoms with Gasteiger partial charge in [-0.15, -0.1) is 0 Å². The van der Waals surface area contributed by atoms with Crippen LogP contribution in [0, 0.1) is 24.4 Å². The van der Waals surface area contributed by atoms with Crippen molar-refractivity contribution in [2.24, 2.45) is 5.16 Å². The molecule has 4 nitrogen and oxygen atoms in total. The molecule has 7 heteroatoms. The molecule has 164 valence electrons. The van der Waals surface area contributed by atoms with Gasteiger partial charge in [0.25, 0.3) is 5.91 Å². The Morgan fingerprint density at radius 2 is 1.69 bits per heavy atom. The summed E-state index contributed by atoms with van der Waals surface area (Å²) >= 11 is 0. The van der Waals surface area contributed by atoms with Gasteiger partial charge in [-0.1, -0.05) is 41.1 Å². The zero-order chi connectivity index (χ0) is 22.7. The Bertz CT molecular complexity index is 1140. The second kappa shape index (κ2) is 9.26. The highest BCUT2D eigenvalue weighted by molar-refractivity contribution is 6.01.